The Balaban J connectivity index is 2.58. The number of benzene rings is 1. The van der Waals surface area contributed by atoms with Gasteiger partial charge in [-0.3, -0.25) is 4.98 Å². The lowest BCUT2D eigenvalue weighted by Crippen LogP contribution is -2.00. The molecule has 0 amide bonds. The van der Waals surface area contributed by atoms with Crippen molar-refractivity contribution >= 4 is 5.97 Å². The predicted octanol–water partition coefficient (Wildman–Crippen LogP) is 3.06. The highest BCUT2D eigenvalue weighted by molar-refractivity contribution is 5.96. The zero-order valence-corrected chi connectivity index (χ0v) is 9.77. The summed E-state index contributed by atoms with van der Waals surface area (Å²) in [6, 6.07) is 9.17. The summed E-state index contributed by atoms with van der Waals surface area (Å²) in [4.78, 5) is 15.4. The van der Waals surface area contributed by atoms with Gasteiger partial charge in [-0.15, -0.1) is 0 Å². The molecule has 0 saturated heterocycles. The minimum atomic E-state index is -0.913. The Hall–Kier alpha value is -2.16. The number of pyridine rings is 1. The SMILES string of the molecule is Cc1ccc(-c2ccc(C)nc2)c(C(=O)O)c1. The molecule has 0 radical (unpaired) electrons. The van der Waals surface area contributed by atoms with Crippen LogP contribution in [0.5, 0.6) is 0 Å². The lowest BCUT2D eigenvalue weighted by atomic mass is 9.99. The molecule has 0 unspecified atom stereocenters. The Morgan fingerprint density at radius 3 is 2.53 bits per heavy atom. The third-order valence-electron chi connectivity index (χ3n) is 2.63. The highest BCUT2D eigenvalue weighted by Crippen LogP contribution is 2.24. The van der Waals surface area contributed by atoms with E-state index in [1.54, 1.807) is 12.3 Å². The van der Waals surface area contributed by atoms with Gasteiger partial charge in [-0.05, 0) is 31.5 Å². The minimum Gasteiger partial charge on any atom is -0.478 e. The van der Waals surface area contributed by atoms with Crippen LogP contribution >= 0.6 is 0 Å². The van der Waals surface area contributed by atoms with Gasteiger partial charge in [-0.1, -0.05) is 23.8 Å². The summed E-state index contributed by atoms with van der Waals surface area (Å²) >= 11 is 0. The van der Waals surface area contributed by atoms with Crippen molar-refractivity contribution in [2.75, 3.05) is 0 Å². The molecule has 3 heteroatoms. The maximum Gasteiger partial charge on any atom is 0.336 e. The lowest BCUT2D eigenvalue weighted by Gasteiger charge is -2.07. The van der Waals surface area contributed by atoms with Crippen LogP contribution in [-0.2, 0) is 0 Å². The van der Waals surface area contributed by atoms with Crippen molar-refractivity contribution in [3.8, 4) is 11.1 Å². The van der Waals surface area contributed by atoms with E-state index in [-0.39, 0.29) is 0 Å². The first-order chi connectivity index (χ1) is 8.08. The van der Waals surface area contributed by atoms with Crippen LogP contribution in [0.1, 0.15) is 21.6 Å². The molecule has 86 valence electrons. The highest BCUT2D eigenvalue weighted by atomic mass is 16.4. The molecule has 0 aliphatic carbocycles. The van der Waals surface area contributed by atoms with Crippen molar-refractivity contribution in [1.82, 2.24) is 4.98 Å². The number of aryl methyl sites for hydroxylation is 2. The summed E-state index contributed by atoms with van der Waals surface area (Å²) in [6.07, 6.45) is 1.70. The Morgan fingerprint density at radius 1 is 1.18 bits per heavy atom. The number of nitrogens with zero attached hydrogens (tertiary/aromatic N) is 1. The molecule has 1 heterocycles. The first-order valence-corrected chi connectivity index (χ1v) is 5.35. The predicted molar refractivity (Wildman–Crippen MR) is 66.1 cm³/mol. The molecule has 0 atom stereocenters. The molecule has 17 heavy (non-hydrogen) atoms. The van der Waals surface area contributed by atoms with Gasteiger partial charge < -0.3 is 5.11 Å². The second kappa shape index (κ2) is 4.37. The van der Waals surface area contributed by atoms with Gasteiger partial charge in [0, 0.05) is 17.5 Å². The number of aromatic carboxylic acids is 1. The average molecular weight is 227 g/mol. The fraction of sp³-hybridized carbons (Fsp3) is 0.143. The first-order valence-electron chi connectivity index (χ1n) is 5.35. The monoisotopic (exact) mass is 227 g/mol. The van der Waals surface area contributed by atoms with E-state index in [4.69, 9.17) is 0 Å². The number of carboxylic acids is 1. The van der Waals surface area contributed by atoms with E-state index < -0.39 is 5.97 Å². The normalized spacial score (nSPS) is 10.2. The van der Waals surface area contributed by atoms with Crippen LogP contribution in [0.15, 0.2) is 36.5 Å². The Bertz CT molecular complexity index is 559. The molecular formula is C14H13NO2. The number of aromatic nitrogens is 1. The van der Waals surface area contributed by atoms with Gasteiger partial charge in [-0.2, -0.15) is 0 Å². The van der Waals surface area contributed by atoms with Crippen molar-refractivity contribution in [2.45, 2.75) is 13.8 Å². The fourth-order valence-electron chi connectivity index (χ4n) is 1.71. The van der Waals surface area contributed by atoms with E-state index in [0.717, 1.165) is 16.8 Å². The maximum atomic E-state index is 11.2. The minimum absolute atomic E-state index is 0.315. The quantitative estimate of drug-likeness (QED) is 0.857. The molecule has 2 aromatic rings. The number of carbonyl (C=O) groups is 1. The topological polar surface area (TPSA) is 50.2 Å². The van der Waals surface area contributed by atoms with Gasteiger partial charge in [0.05, 0.1) is 5.56 Å². The average Bonchev–Trinajstić information content (AvgIpc) is 2.30. The summed E-state index contributed by atoms with van der Waals surface area (Å²) in [5.74, 6) is -0.913. The molecule has 0 saturated carbocycles. The number of carboxylic acid groups (broad SMARTS) is 1. The van der Waals surface area contributed by atoms with Crippen LogP contribution in [0.4, 0.5) is 0 Å². The standard InChI is InChI=1S/C14H13NO2/c1-9-3-6-12(13(7-9)14(16)17)11-5-4-10(2)15-8-11/h3-8H,1-2H3,(H,16,17). The van der Waals surface area contributed by atoms with Gasteiger partial charge in [0.25, 0.3) is 0 Å². The molecule has 1 aromatic heterocycles. The van der Waals surface area contributed by atoms with Crippen molar-refractivity contribution in [1.29, 1.82) is 0 Å². The highest BCUT2D eigenvalue weighted by Gasteiger charge is 2.11. The van der Waals surface area contributed by atoms with Crippen molar-refractivity contribution in [3.63, 3.8) is 0 Å². The van der Waals surface area contributed by atoms with E-state index in [2.05, 4.69) is 4.98 Å². The van der Waals surface area contributed by atoms with Crippen LogP contribution in [-0.4, -0.2) is 16.1 Å². The second-order valence-corrected chi connectivity index (χ2v) is 4.04. The molecular weight excluding hydrogens is 214 g/mol. The summed E-state index contributed by atoms with van der Waals surface area (Å²) < 4.78 is 0. The van der Waals surface area contributed by atoms with E-state index in [1.165, 1.54) is 0 Å². The van der Waals surface area contributed by atoms with Gasteiger partial charge in [0.15, 0.2) is 0 Å². The summed E-state index contributed by atoms with van der Waals surface area (Å²) in [5, 5.41) is 9.19. The van der Waals surface area contributed by atoms with E-state index in [9.17, 15) is 9.90 Å². The zero-order chi connectivity index (χ0) is 12.4. The summed E-state index contributed by atoms with van der Waals surface area (Å²) in [5.41, 5.74) is 3.70. The zero-order valence-electron chi connectivity index (χ0n) is 9.77. The van der Waals surface area contributed by atoms with Gasteiger partial charge in [-0.25, -0.2) is 4.79 Å². The molecule has 0 bridgehead atoms. The molecule has 2 rings (SSSR count). The van der Waals surface area contributed by atoms with Crippen LogP contribution in [0.2, 0.25) is 0 Å². The molecule has 3 nitrogen and oxygen atoms in total. The first kappa shape index (κ1) is 11.3. The van der Waals surface area contributed by atoms with E-state index in [1.807, 2.05) is 38.1 Å². The summed E-state index contributed by atoms with van der Waals surface area (Å²) in [7, 11) is 0. The van der Waals surface area contributed by atoms with Crippen LogP contribution < -0.4 is 0 Å². The molecule has 0 spiro atoms. The maximum absolute atomic E-state index is 11.2. The van der Waals surface area contributed by atoms with Crippen molar-refractivity contribution < 1.29 is 9.90 Å². The van der Waals surface area contributed by atoms with E-state index >= 15 is 0 Å². The number of hydrogen-bond donors (Lipinski definition) is 1. The smallest absolute Gasteiger partial charge is 0.336 e. The van der Waals surface area contributed by atoms with Gasteiger partial charge >= 0.3 is 5.97 Å². The molecule has 0 aliphatic rings. The van der Waals surface area contributed by atoms with E-state index in [0.29, 0.717) is 11.1 Å². The van der Waals surface area contributed by atoms with Crippen LogP contribution in [0.3, 0.4) is 0 Å². The Kier molecular flexibility index (Phi) is 2.91. The second-order valence-electron chi connectivity index (χ2n) is 4.04. The van der Waals surface area contributed by atoms with Gasteiger partial charge in [0.2, 0.25) is 0 Å². The molecule has 0 fully saturated rings. The Morgan fingerprint density at radius 2 is 1.94 bits per heavy atom. The fourth-order valence-corrected chi connectivity index (χ4v) is 1.71. The third-order valence-corrected chi connectivity index (χ3v) is 2.63. The molecule has 0 aliphatic heterocycles. The molecule has 1 N–H and O–H groups in total. The van der Waals surface area contributed by atoms with Crippen molar-refractivity contribution in [2.24, 2.45) is 0 Å². The summed E-state index contributed by atoms with van der Waals surface area (Å²) in [6.45, 7) is 3.78. The largest absolute Gasteiger partial charge is 0.478 e. The lowest BCUT2D eigenvalue weighted by molar-refractivity contribution is 0.0697. The third kappa shape index (κ3) is 2.33. The number of rotatable bonds is 2. The van der Waals surface area contributed by atoms with Crippen LogP contribution in [0.25, 0.3) is 11.1 Å². The molecule has 1 aromatic carbocycles. The number of hydrogen-bond acceptors (Lipinski definition) is 2. The van der Waals surface area contributed by atoms with Crippen LogP contribution in [0, 0.1) is 13.8 Å². The van der Waals surface area contributed by atoms with Gasteiger partial charge in [0.1, 0.15) is 0 Å². The van der Waals surface area contributed by atoms with Crippen molar-refractivity contribution in [3.05, 3.63) is 53.3 Å². The Labute approximate surface area is 99.8 Å².